The van der Waals surface area contributed by atoms with E-state index < -0.39 is 20.9 Å². The summed E-state index contributed by atoms with van der Waals surface area (Å²) in [5.74, 6) is -1.24. The molecule has 0 N–H and O–H groups in total. The zero-order chi connectivity index (χ0) is 23.5. The van der Waals surface area contributed by atoms with Crippen LogP contribution in [0.5, 0.6) is 0 Å². The van der Waals surface area contributed by atoms with Crippen LogP contribution in [-0.4, -0.2) is 65.5 Å². The second kappa shape index (κ2) is 10.1. The van der Waals surface area contributed by atoms with Crippen LogP contribution in [0.1, 0.15) is 31.2 Å². The Balaban J connectivity index is 1.30. The van der Waals surface area contributed by atoms with E-state index >= 15 is 0 Å². The first kappa shape index (κ1) is 24.1. The molecule has 4 rings (SSSR count). The van der Waals surface area contributed by atoms with E-state index in [0.29, 0.717) is 23.3 Å². The molecule has 0 amide bonds. The van der Waals surface area contributed by atoms with Gasteiger partial charge in [-0.3, -0.25) is 4.90 Å². The molecule has 2 aromatic rings. The zero-order valence-corrected chi connectivity index (χ0v) is 20.2. The van der Waals surface area contributed by atoms with Gasteiger partial charge in [0.1, 0.15) is 5.82 Å². The number of halogens is 1. The van der Waals surface area contributed by atoms with Gasteiger partial charge in [-0.15, -0.1) is 0 Å². The average molecular weight is 477 g/mol. The van der Waals surface area contributed by atoms with E-state index in [4.69, 9.17) is 9.47 Å². The van der Waals surface area contributed by atoms with E-state index in [0.717, 1.165) is 51.3 Å². The summed E-state index contributed by atoms with van der Waals surface area (Å²) in [6.07, 6.45) is 2.65. The Morgan fingerprint density at radius 1 is 0.970 bits per heavy atom. The van der Waals surface area contributed by atoms with Gasteiger partial charge in [0.05, 0.1) is 10.1 Å². The number of fused-ring (bicyclic) bond motifs is 1. The van der Waals surface area contributed by atoms with Crippen molar-refractivity contribution in [3.05, 3.63) is 59.9 Å². The number of sulfone groups is 1. The van der Waals surface area contributed by atoms with Crippen molar-refractivity contribution >= 4 is 15.5 Å². The number of piperazine rings is 1. The van der Waals surface area contributed by atoms with Crippen molar-refractivity contribution in [2.24, 2.45) is 0 Å². The average Bonchev–Trinajstić information content (AvgIpc) is 2.84. The van der Waals surface area contributed by atoms with Gasteiger partial charge in [0.2, 0.25) is 0 Å². The third-order valence-electron chi connectivity index (χ3n) is 7.01. The van der Waals surface area contributed by atoms with Gasteiger partial charge in [-0.1, -0.05) is 24.6 Å². The molecular weight excluding hydrogens is 443 g/mol. The standard InChI is InChI=1S/C25H33FN2O4S/c1-31-25(32-2)19-22(33(29,30)24-9-4-3-8-23(24)25)7-5-6-14-27-15-17-28(18-16-27)21-12-10-20(26)11-13-21/h3-4,8-13,22H,5-7,14-19H2,1-2H3. The highest BCUT2D eigenvalue weighted by Crippen LogP contribution is 2.44. The van der Waals surface area contributed by atoms with Crippen LogP contribution in [0.4, 0.5) is 10.1 Å². The number of ether oxygens (including phenoxy) is 2. The third kappa shape index (κ3) is 4.94. The molecule has 1 unspecified atom stereocenters. The van der Waals surface area contributed by atoms with E-state index in [1.165, 1.54) is 12.1 Å². The SMILES string of the molecule is COC1(OC)CC(CCCCN2CCN(c3ccc(F)cc3)CC2)S(=O)(=O)c2ccccc21. The second-order valence-corrected chi connectivity index (χ2v) is 11.0. The van der Waals surface area contributed by atoms with Gasteiger partial charge in [-0.25, -0.2) is 12.8 Å². The second-order valence-electron chi connectivity index (χ2n) is 8.83. The molecule has 0 aliphatic carbocycles. The van der Waals surface area contributed by atoms with Crippen LogP contribution in [0.3, 0.4) is 0 Å². The lowest BCUT2D eigenvalue weighted by molar-refractivity contribution is -0.223. The van der Waals surface area contributed by atoms with Crippen molar-refractivity contribution in [1.82, 2.24) is 4.90 Å². The smallest absolute Gasteiger partial charge is 0.196 e. The molecule has 0 spiro atoms. The summed E-state index contributed by atoms with van der Waals surface area (Å²) < 4.78 is 51.1. The molecule has 1 fully saturated rings. The number of nitrogens with zero attached hydrogens (tertiary/aromatic N) is 2. The summed E-state index contributed by atoms with van der Waals surface area (Å²) in [6.45, 7) is 4.65. The largest absolute Gasteiger partial charge is 0.369 e. The molecule has 2 aliphatic rings. The third-order valence-corrected chi connectivity index (χ3v) is 9.26. The fourth-order valence-electron chi connectivity index (χ4n) is 5.04. The lowest BCUT2D eigenvalue weighted by Crippen LogP contribution is -2.46. The van der Waals surface area contributed by atoms with Gasteiger partial charge < -0.3 is 14.4 Å². The number of hydrogen-bond acceptors (Lipinski definition) is 6. The minimum atomic E-state index is -3.43. The lowest BCUT2D eigenvalue weighted by Gasteiger charge is -2.40. The molecule has 6 nitrogen and oxygen atoms in total. The van der Waals surface area contributed by atoms with Crippen LogP contribution < -0.4 is 4.90 Å². The molecule has 2 aromatic carbocycles. The summed E-state index contributed by atoms with van der Waals surface area (Å²) >= 11 is 0. The first-order chi connectivity index (χ1) is 15.9. The molecule has 0 bridgehead atoms. The molecule has 0 saturated carbocycles. The van der Waals surface area contributed by atoms with Crippen LogP contribution in [-0.2, 0) is 25.1 Å². The Hall–Kier alpha value is -2.00. The Labute approximate surface area is 196 Å². The highest BCUT2D eigenvalue weighted by Gasteiger charge is 2.48. The Kier molecular flexibility index (Phi) is 7.38. The highest BCUT2D eigenvalue weighted by atomic mass is 32.2. The molecule has 1 saturated heterocycles. The summed E-state index contributed by atoms with van der Waals surface area (Å²) in [6, 6.07) is 13.7. The molecule has 0 aromatic heterocycles. The number of hydrogen-bond donors (Lipinski definition) is 0. The number of methoxy groups -OCH3 is 2. The van der Waals surface area contributed by atoms with E-state index in [1.807, 2.05) is 18.2 Å². The topological polar surface area (TPSA) is 59.1 Å². The molecule has 1 atom stereocenters. The first-order valence-corrected chi connectivity index (χ1v) is 13.1. The molecule has 0 radical (unpaired) electrons. The van der Waals surface area contributed by atoms with Crippen molar-refractivity contribution in [2.75, 3.05) is 51.8 Å². The van der Waals surface area contributed by atoms with Crippen LogP contribution >= 0.6 is 0 Å². The summed E-state index contributed by atoms with van der Waals surface area (Å²) in [5, 5.41) is -0.525. The fraction of sp³-hybridized carbons (Fsp3) is 0.520. The van der Waals surface area contributed by atoms with E-state index in [2.05, 4.69) is 9.80 Å². The van der Waals surface area contributed by atoms with Gasteiger partial charge in [0.15, 0.2) is 15.6 Å². The number of unbranched alkanes of at least 4 members (excludes halogenated alkanes) is 1. The summed E-state index contributed by atoms with van der Waals surface area (Å²) in [4.78, 5) is 5.01. The van der Waals surface area contributed by atoms with E-state index in [9.17, 15) is 12.8 Å². The molecule has 180 valence electrons. The Morgan fingerprint density at radius 2 is 1.64 bits per heavy atom. The monoisotopic (exact) mass is 476 g/mol. The number of benzene rings is 2. The number of rotatable bonds is 8. The molecule has 2 aliphatic heterocycles. The fourth-order valence-corrected chi connectivity index (χ4v) is 7.12. The molecule has 2 heterocycles. The van der Waals surface area contributed by atoms with Crippen LogP contribution in [0.2, 0.25) is 0 Å². The maximum atomic E-state index is 13.3. The normalized spacial score (nSPS) is 22.2. The van der Waals surface area contributed by atoms with Crippen molar-refractivity contribution in [3.63, 3.8) is 0 Å². The van der Waals surface area contributed by atoms with Crippen LogP contribution in [0, 0.1) is 5.82 Å². The van der Waals surface area contributed by atoms with Crippen molar-refractivity contribution in [3.8, 4) is 0 Å². The van der Waals surface area contributed by atoms with E-state index in [1.54, 1.807) is 32.4 Å². The predicted molar refractivity (Wildman–Crippen MR) is 127 cm³/mol. The summed E-state index contributed by atoms with van der Waals surface area (Å²) in [7, 11) is -0.287. The maximum absolute atomic E-state index is 13.3. The van der Waals surface area contributed by atoms with Gasteiger partial charge in [0, 0.05) is 58.1 Å². The highest BCUT2D eigenvalue weighted by molar-refractivity contribution is 7.92. The molecule has 33 heavy (non-hydrogen) atoms. The maximum Gasteiger partial charge on any atom is 0.196 e. The van der Waals surface area contributed by atoms with Crippen molar-refractivity contribution in [2.45, 2.75) is 41.6 Å². The number of anilines is 1. The van der Waals surface area contributed by atoms with E-state index in [-0.39, 0.29) is 5.82 Å². The van der Waals surface area contributed by atoms with Crippen molar-refractivity contribution in [1.29, 1.82) is 0 Å². The van der Waals surface area contributed by atoms with Crippen LogP contribution in [0.15, 0.2) is 53.4 Å². The zero-order valence-electron chi connectivity index (χ0n) is 19.4. The molecular formula is C25H33FN2O4S. The molecule has 8 heteroatoms. The lowest BCUT2D eigenvalue weighted by atomic mass is 9.97. The Bertz CT molecular complexity index is 1030. The quantitative estimate of drug-likeness (QED) is 0.427. The minimum absolute atomic E-state index is 0.214. The van der Waals surface area contributed by atoms with Gasteiger partial charge in [0.25, 0.3) is 0 Å². The van der Waals surface area contributed by atoms with Gasteiger partial charge in [-0.2, -0.15) is 0 Å². The van der Waals surface area contributed by atoms with Crippen LogP contribution in [0.25, 0.3) is 0 Å². The van der Waals surface area contributed by atoms with Gasteiger partial charge in [-0.05, 0) is 49.7 Å². The first-order valence-electron chi connectivity index (χ1n) is 11.6. The van der Waals surface area contributed by atoms with Crippen molar-refractivity contribution < 1.29 is 22.3 Å². The summed E-state index contributed by atoms with van der Waals surface area (Å²) in [5.41, 5.74) is 1.64. The predicted octanol–water partition coefficient (Wildman–Crippen LogP) is 3.81. The Morgan fingerprint density at radius 3 is 2.30 bits per heavy atom. The van der Waals surface area contributed by atoms with Gasteiger partial charge >= 0.3 is 0 Å². The minimum Gasteiger partial charge on any atom is -0.369 e.